The molecule has 0 spiro atoms. The first kappa shape index (κ1) is 12.5. The summed E-state index contributed by atoms with van der Waals surface area (Å²) < 4.78 is 0. The highest BCUT2D eigenvalue weighted by molar-refractivity contribution is 5.74. The zero-order valence-corrected chi connectivity index (χ0v) is 9.05. The molecule has 0 aliphatic carbocycles. The predicted molar refractivity (Wildman–Crippen MR) is 60.4 cm³/mol. The van der Waals surface area contributed by atoms with E-state index in [1.807, 2.05) is 6.92 Å². The number of nitrogen functional groups attached to an aromatic ring is 1. The second-order valence-electron chi connectivity index (χ2n) is 3.80. The molecule has 88 valence electrons. The van der Waals surface area contributed by atoms with Gasteiger partial charge in [0.2, 0.25) is 5.91 Å². The molecule has 0 saturated carbocycles. The van der Waals surface area contributed by atoms with Gasteiger partial charge in [0.1, 0.15) is 6.10 Å². The van der Waals surface area contributed by atoms with Gasteiger partial charge < -0.3 is 21.7 Å². The predicted octanol–water partition coefficient (Wildman–Crippen LogP) is -0.153. The third kappa shape index (κ3) is 2.95. The van der Waals surface area contributed by atoms with Gasteiger partial charge in [0.15, 0.2) is 0 Å². The van der Waals surface area contributed by atoms with Gasteiger partial charge >= 0.3 is 0 Å². The van der Waals surface area contributed by atoms with Crippen LogP contribution < -0.4 is 11.5 Å². The van der Waals surface area contributed by atoms with Crippen LogP contribution in [0.3, 0.4) is 0 Å². The van der Waals surface area contributed by atoms with E-state index in [2.05, 4.69) is 0 Å². The molecule has 0 saturated heterocycles. The van der Waals surface area contributed by atoms with Crippen molar-refractivity contribution in [1.82, 2.24) is 0 Å². The fourth-order valence-electron chi connectivity index (χ4n) is 1.38. The molecule has 0 heterocycles. The van der Waals surface area contributed by atoms with Crippen LogP contribution in [0.4, 0.5) is 5.69 Å². The van der Waals surface area contributed by atoms with E-state index in [0.717, 1.165) is 5.56 Å². The summed E-state index contributed by atoms with van der Waals surface area (Å²) in [6, 6.07) is 4.97. The van der Waals surface area contributed by atoms with E-state index in [9.17, 15) is 15.0 Å². The lowest BCUT2D eigenvalue weighted by Gasteiger charge is -2.17. The second kappa shape index (κ2) is 4.96. The van der Waals surface area contributed by atoms with E-state index in [1.165, 1.54) is 0 Å². The average Bonchev–Trinajstić information content (AvgIpc) is 2.20. The number of primary amides is 1. The van der Waals surface area contributed by atoms with Crippen molar-refractivity contribution in [3.63, 3.8) is 0 Å². The molecule has 0 radical (unpaired) electrons. The van der Waals surface area contributed by atoms with Crippen LogP contribution in [0.5, 0.6) is 0 Å². The molecule has 5 nitrogen and oxygen atoms in total. The number of hydrogen-bond acceptors (Lipinski definition) is 4. The zero-order chi connectivity index (χ0) is 12.3. The fraction of sp³-hybridized carbons (Fsp3) is 0.364. The van der Waals surface area contributed by atoms with Crippen molar-refractivity contribution in [3.8, 4) is 0 Å². The fourth-order valence-corrected chi connectivity index (χ4v) is 1.38. The highest BCUT2D eigenvalue weighted by atomic mass is 16.3. The van der Waals surface area contributed by atoms with Crippen LogP contribution in [0, 0.1) is 6.92 Å². The first-order chi connectivity index (χ1) is 7.41. The lowest BCUT2D eigenvalue weighted by atomic mass is 10.00. The molecule has 16 heavy (non-hydrogen) atoms. The van der Waals surface area contributed by atoms with Gasteiger partial charge in [-0.05, 0) is 24.1 Å². The number of aliphatic hydroxyl groups is 2. The summed E-state index contributed by atoms with van der Waals surface area (Å²) in [7, 11) is 0. The van der Waals surface area contributed by atoms with E-state index in [4.69, 9.17) is 11.5 Å². The van der Waals surface area contributed by atoms with Crippen LogP contribution in [0.25, 0.3) is 0 Å². The number of aryl methyl sites for hydroxylation is 1. The number of hydrogen-bond donors (Lipinski definition) is 4. The Labute approximate surface area is 93.7 Å². The Balaban J connectivity index is 2.83. The van der Waals surface area contributed by atoms with Crippen molar-refractivity contribution < 1.29 is 15.0 Å². The van der Waals surface area contributed by atoms with Crippen LogP contribution in [0.2, 0.25) is 0 Å². The topological polar surface area (TPSA) is 110 Å². The molecule has 1 aromatic carbocycles. The Morgan fingerprint density at radius 2 is 2.06 bits per heavy atom. The summed E-state index contributed by atoms with van der Waals surface area (Å²) in [5.41, 5.74) is 12.5. The van der Waals surface area contributed by atoms with Crippen LogP contribution in [-0.2, 0) is 4.79 Å². The average molecular weight is 224 g/mol. The Kier molecular flexibility index (Phi) is 3.87. The molecule has 2 unspecified atom stereocenters. The SMILES string of the molecule is Cc1ccc(C(O)C(O)CC(N)=O)cc1N. The molecule has 1 rings (SSSR count). The quantitative estimate of drug-likeness (QED) is 0.533. The van der Waals surface area contributed by atoms with E-state index < -0.39 is 18.1 Å². The van der Waals surface area contributed by atoms with Crippen LogP contribution in [0.15, 0.2) is 18.2 Å². The zero-order valence-electron chi connectivity index (χ0n) is 9.05. The molecule has 6 N–H and O–H groups in total. The molecular weight excluding hydrogens is 208 g/mol. The number of anilines is 1. The normalized spacial score (nSPS) is 14.4. The summed E-state index contributed by atoms with van der Waals surface area (Å²) >= 11 is 0. The summed E-state index contributed by atoms with van der Waals surface area (Å²) in [4.78, 5) is 10.6. The number of benzene rings is 1. The number of aliphatic hydroxyl groups excluding tert-OH is 2. The maximum Gasteiger partial charge on any atom is 0.220 e. The first-order valence-electron chi connectivity index (χ1n) is 4.92. The Morgan fingerprint density at radius 1 is 1.44 bits per heavy atom. The lowest BCUT2D eigenvalue weighted by Crippen LogP contribution is -2.25. The summed E-state index contributed by atoms with van der Waals surface area (Å²) in [5, 5.41) is 19.3. The van der Waals surface area contributed by atoms with Crippen molar-refractivity contribution in [2.24, 2.45) is 5.73 Å². The first-order valence-corrected chi connectivity index (χ1v) is 4.92. The number of carbonyl (C=O) groups is 1. The third-order valence-electron chi connectivity index (χ3n) is 2.42. The van der Waals surface area contributed by atoms with E-state index in [-0.39, 0.29) is 6.42 Å². The van der Waals surface area contributed by atoms with Gasteiger partial charge in [-0.25, -0.2) is 0 Å². The van der Waals surface area contributed by atoms with E-state index >= 15 is 0 Å². The molecule has 0 aliphatic heterocycles. The van der Waals surface area contributed by atoms with Gasteiger partial charge in [-0.15, -0.1) is 0 Å². The van der Waals surface area contributed by atoms with Crippen molar-refractivity contribution in [1.29, 1.82) is 0 Å². The maximum absolute atomic E-state index is 10.6. The standard InChI is InChI=1S/C11H16N2O3/c1-6-2-3-7(4-8(6)12)11(16)9(14)5-10(13)15/h2-4,9,11,14,16H,5,12H2,1H3,(H2,13,15). The molecule has 1 aromatic rings. The molecule has 0 aromatic heterocycles. The molecule has 0 fully saturated rings. The van der Waals surface area contributed by atoms with Crippen molar-refractivity contribution in [2.45, 2.75) is 25.6 Å². The third-order valence-corrected chi connectivity index (χ3v) is 2.42. The van der Waals surface area contributed by atoms with Crippen molar-refractivity contribution >= 4 is 11.6 Å². The summed E-state index contributed by atoms with van der Waals surface area (Å²) in [6.45, 7) is 1.84. The van der Waals surface area contributed by atoms with Crippen LogP contribution in [-0.4, -0.2) is 22.2 Å². The Hall–Kier alpha value is -1.59. The number of amides is 1. The minimum Gasteiger partial charge on any atom is -0.399 e. The molecule has 2 atom stereocenters. The molecule has 5 heteroatoms. The highest BCUT2D eigenvalue weighted by Crippen LogP contribution is 2.22. The van der Waals surface area contributed by atoms with Gasteiger partial charge in [0.25, 0.3) is 0 Å². The smallest absolute Gasteiger partial charge is 0.220 e. The molecule has 1 amide bonds. The lowest BCUT2D eigenvalue weighted by molar-refractivity contribution is -0.121. The minimum absolute atomic E-state index is 0.283. The maximum atomic E-state index is 10.6. The summed E-state index contributed by atoms with van der Waals surface area (Å²) in [5.74, 6) is -0.661. The van der Waals surface area contributed by atoms with Gasteiger partial charge in [-0.2, -0.15) is 0 Å². The van der Waals surface area contributed by atoms with Crippen LogP contribution >= 0.6 is 0 Å². The Bertz CT molecular complexity index is 393. The van der Waals surface area contributed by atoms with Crippen molar-refractivity contribution in [2.75, 3.05) is 5.73 Å². The van der Waals surface area contributed by atoms with Gasteiger partial charge in [-0.3, -0.25) is 4.79 Å². The number of nitrogens with two attached hydrogens (primary N) is 2. The van der Waals surface area contributed by atoms with Gasteiger partial charge in [-0.1, -0.05) is 12.1 Å². The molecular formula is C11H16N2O3. The van der Waals surface area contributed by atoms with E-state index in [1.54, 1.807) is 18.2 Å². The number of carbonyl (C=O) groups excluding carboxylic acids is 1. The largest absolute Gasteiger partial charge is 0.399 e. The Morgan fingerprint density at radius 3 is 2.56 bits per heavy atom. The van der Waals surface area contributed by atoms with E-state index in [0.29, 0.717) is 11.3 Å². The highest BCUT2D eigenvalue weighted by Gasteiger charge is 2.20. The van der Waals surface area contributed by atoms with Crippen molar-refractivity contribution in [3.05, 3.63) is 29.3 Å². The molecule has 0 aliphatic rings. The van der Waals surface area contributed by atoms with Gasteiger partial charge in [0, 0.05) is 5.69 Å². The van der Waals surface area contributed by atoms with Gasteiger partial charge in [0.05, 0.1) is 12.5 Å². The second-order valence-corrected chi connectivity index (χ2v) is 3.80. The van der Waals surface area contributed by atoms with Crippen LogP contribution in [0.1, 0.15) is 23.7 Å². The monoisotopic (exact) mass is 224 g/mol. The number of rotatable bonds is 4. The summed E-state index contributed by atoms with van der Waals surface area (Å²) in [6.07, 6.45) is -2.65. The minimum atomic E-state index is -1.21. The molecule has 0 bridgehead atoms.